The summed E-state index contributed by atoms with van der Waals surface area (Å²) < 4.78 is 10.8. The molecule has 25 heavy (non-hydrogen) atoms. The molecule has 6 nitrogen and oxygen atoms in total. The number of esters is 1. The number of nitrogens with zero attached hydrogens (tertiary/aromatic N) is 2. The summed E-state index contributed by atoms with van der Waals surface area (Å²) in [5, 5.41) is 0. The van der Waals surface area contributed by atoms with Crippen molar-refractivity contribution in [3.63, 3.8) is 0 Å². The van der Waals surface area contributed by atoms with Gasteiger partial charge >= 0.3 is 5.97 Å². The number of rotatable bonds is 5. The van der Waals surface area contributed by atoms with Crippen LogP contribution in [0.15, 0.2) is 30.3 Å². The Kier molecular flexibility index (Phi) is 6.04. The summed E-state index contributed by atoms with van der Waals surface area (Å²) in [6, 6.07) is 9.28. The van der Waals surface area contributed by atoms with E-state index in [2.05, 4.69) is 4.90 Å². The summed E-state index contributed by atoms with van der Waals surface area (Å²) in [5.74, 6) is -0.142. The number of piperazine rings is 1. The molecule has 0 N–H and O–H groups in total. The lowest BCUT2D eigenvalue weighted by atomic mass is 10.0. The highest BCUT2D eigenvalue weighted by atomic mass is 16.5. The molecule has 1 amide bonds. The van der Waals surface area contributed by atoms with Crippen molar-refractivity contribution in [1.82, 2.24) is 9.80 Å². The molecule has 0 bridgehead atoms. The monoisotopic (exact) mass is 346 g/mol. The first kappa shape index (κ1) is 17.9. The average Bonchev–Trinajstić information content (AvgIpc) is 3.18. The van der Waals surface area contributed by atoms with Crippen LogP contribution >= 0.6 is 0 Å². The van der Waals surface area contributed by atoms with Crippen LogP contribution in [0.2, 0.25) is 0 Å². The fourth-order valence-electron chi connectivity index (χ4n) is 3.53. The van der Waals surface area contributed by atoms with Crippen molar-refractivity contribution in [2.24, 2.45) is 0 Å². The van der Waals surface area contributed by atoms with Crippen LogP contribution in [-0.4, -0.2) is 67.2 Å². The van der Waals surface area contributed by atoms with E-state index in [1.54, 1.807) is 0 Å². The molecule has 2 atom stereocenters. The predicted octanol–water partition coefficient (Wildman–Crippen LogP) is 1.61. The number of benzene rings is 1. The van der Waals surface area contributed by atoms with E-state index in [9.17, 15) is 9.59 Å². The van der Waals surface area contributed by atoms with Crippen LogP contribution in [0.3, 0.4) is 0 Å². The van der Waals surface area contributed by atoms with Crippen molar-refractivity contribution in [2.45, 2.75) is 31.9 Å². The summed E-state index contributed by atoms with van der Waals surface area (Å²) in [6.07, 6.45) is 1.49. The minimum atomic E-state index is -0.416. The van der Waals surface area contributed by atoms with E-state index in [0.29, 0.717) is 39.4 Å². The van der Waals surface area contributed by atoms with Gasteiger partial charge in [0, 0.05) is 32.8 Å². The minimum absolute atomic E-state index is 0.0875. The Labute approximate surface area is 148 Å². The number of amides is 1. The smallest absolute Gasteiger partial charge is 0.328 e. The predicted molar refractivity (Wildman–Crippen MR) is 92.9 cm³/mol. The van der Waals surface area contributed by atoms with E-state index < -0.39 is 6.04 Å². The van der Waals surface area contributed by atoms with Crippen molar-refractivity contribution < 1.29 is 19.1 Å². The summed E-state index contributed by atoms with van der Waals surface area (Å²) in [6.45, 7) is 5.38. The highest BCUT2D eigenvalue weighted by molar-refractivity contribution is 5.81. The summed E-state index contributed by atoms with van der Waals surface area (Å²) in [4.78, 5) is 28.9. The van der Waals surface area contributed by atoms with Gasteiger partial charge in [-0.2, -0.15) is 0 Å². The van der Waals surface area contributed by atoms with Crippen LogP contribution in [0.25, 0.3) is 0 Å². The Balaban J connectivity index is 1.65. The third-order valence-electron chi connectivity index (χ3n) is 4.82. The van der Waals surface area contributed by atoms with Crippen LogP contribution < -0.4 is 0 Å². The van der Waals surface area contributed by atoms with E-state index in [-0.39, 0.29) is 18.0 Å². The molecule has 6 heteroatoms. The Morgan fingerprint density at radius 1 is 1.20 bits per heavy atom. The Hall–Kier alpha value is -1.92. The Morgan fingerprint density at radius 3 is 2.52 bits per heavy atom. The Morgan fingerprint density at radius 2 is 1.92 bits per heavy atom. The van der Waals surface area contributed by atoms with Crippen molar-refractivity contribution in [1.29, 1.82) is 0 Å². The van der Waals surface area contributed by atoms with Gasteiger partial charge in [0.15, 0.2) is 0 Å². The molecule has 0 aliphatic carbocycles. The van der Waals surface area contributed by atoms with Gasteiger partial charge in [-0.25, -0.2) is 4.79 Å². The van der Waals surface area contributed by atoms with E-state index >= 15 is 0 Å². The fraction of sp³-hybridized carbons (Fsp3) is 0.579. The molecule has 2 aliphatic rings. The van der Waals surface area contributed by atoms with Gasteiger partial charge in [-0.15, -0.1) is 0 Å². The lowest BCUT2D eigenvalue weighted by molar-refractivity contribution is -0.152. The fourth-order valence-corrected chi connectivity index (χ4v) is 3.53. The molecule has 0 spiro atoms. The zero-order valence-electron chi connectivity index (χ0n) is 14.7. The first-order valence-corrected chi connectivity index (χ1v) is 9.06. The second kappa shape index (κ2) is 8.45. The third kappa shape index (κ3) is 4.19. The van der Waals surface area contributed by atoms with E-state index in [4.69, 9.17) is 9.47 Å². The van der Waals surface area contributed by atoms with Crippen LogP contribution in [0.5, 0.6) is 0 Å². The lowest BCUT2D eigenvalue weighted by Gasteiger charge is -2.39. The number of hydrogen-bond donors (Lipinski definition) is 0. The highest BCUT2D eigenvalue weighted by Gasteiger charge is 2.35. The molecule has 0 radical (unpaired) electrons. The van der Waals surface area contributed by atoms with Crippen LogP contribution in [-0.2, 0) is 19.1 Å². The lowest BCUT2D eigenvalue weighted by Crippen LogP contribution is -2.53. The maximum Gasteiger partial charge on any atom is 0.328 e. The maximum atomic E-state index is 12.5. The zero-order valence-corrected chi connectivity index (χ0v) is 14.7. The van der Waals surface area contributed by atoms with Gasteiger partial charge < -0.3 is 14.4 Å². The van der Waals surface area contributed by atoms with Crippen molar-refractivity contribution in [3.05, 3.63) is 35.9 Å². The van der Waals surface area contributed by atoms with Gasteiger partial charge in [-0.05, 0) is 25.3 Å². The summed E-state index contributed by atoms with van der Waals surface area (Å²) in [7, 11) is 0. The zero-order chi connectivity index (χ0) is 17.6. The van der Waals surface area contributed by atoms with Gasteiger partial charge in [-0.3, -0.25) is 9.69 Å². The molecule has 0 aromatic heterocycles. The van der Waals surface area contributed by atoms with Crippen LogP contribution in [0, 0.1) is 0 Å². The number of hydrogen-bond acceptors (Lipinski definition) is 5. The minimum Gasteiger partial charge on any atom is -0.465 e. The number of carbonyl (C=O) groups is 2. The number of ether oxygens (including phenoxy) is 2. The van der Waals surface area contributed by atoms with Crippen LogP contribution in [0.1, 0.15) is 31.4 Å². The van der Waals surface area contributed by atoms with E-state index in [1.807, 2.05) is 42.2 Å². The molecule has 2 saturated heterocycles. The normalized spacial score (nSPS) is 22.6. The molecule has 2 heterocycles. The van der Waals surface area contributed by atoms with Gasteiger partial charge in [-0.1, -0.05) is 30.3 Å². The average molecular weight is 346 g/mol. The van der Waals surface area contributed by atoms with E-state index in [1.165, 1.54) is 0 Å². The maximum absolute atomic E-state index is 12.5. The van der Waals surface area contributed by atoms with Gasteiger partial charge in [0.2, 0.25) is 0 Å². The topological polar surface area (TPSA) is 59.1 Å². The standard InChI is InChI=1S/C19H26N2O4/c1-2-24-19(23)17(15-7-4-3-5-8-15)20-10-12-21(13-11-20)18(22)16-9-6-14-25-16/h3-5,7-8,16-17H,2,6,9-14H2,1H3/t16-,17-/m1/s1. The van der Waals surface area contributed by atoms with Crippen molar-refractivity contribution in [2.75, 3.05) is 39.4 Å². The van der Waals surface area contributed by atoms with Crippen LogP contribution in [0.4, 0.5) is 0 Å². The first-order chi connectivity index (χ1) is 12.2. The first-order valence-electron chi connectivity index (χ1n) is 9.06. The molecule has 1 aromatic rings. The number of carbonyl (C=O) groups excluding carboxylic acids is 2. The van der Waals surface area contributed by atoms with Gasteiger partial charge in [0.25, 0.3) is 5.91 Å². The second-order valence-electron chi connectivity index (χ2n) is 6.43. The van der Waals surface area contributed by atoms with Crippen molar-refractivity contribution >= 4 is 11.9 Å². The SMILES string of the molecule is CCOC(=O)[C@@H](c1ccccc1)N1CCN(C(=O)[C@H]2CCCO2)CC1. The molecule has 136 valence electrons. The quantitative estimate of drug-likeness (QED) is 0.758. The molecular weight excluding hydrogens is 320 g/mol. The highest BCUT2D eigenvalue weighted by Crippen LogP contribution is 2.24. The Bertz CT molecular complexity index is 578. The summed E-state index contributed by atoms with van der Waals surface area (Å²) >= 11 is 0. The molecule has 0 saturated carbocycles. The molecular formula is C19H26N2O4. The largest absolute Gasteiger partial charge is 0.465 e. The molecule has 2 fully saturated rings. The van der Waals surface area contributed by atoms with Crippen molar-refractivity contribution in [3.8, 4) is 0 Å². The third-order valence-corrected chi connectivity index (χ3v) is 4.82. The van der Waals surface area contributed by atoms with Gasteiger partial charge in [0.05, 0.1) is 6.61 Å². The molecule has 0 unspecified atom stereocenters. The van der Waals surface area contributed by atoms with E-state index in [0.717, 1.165) is 18.4 Å². The second-order valence-corrected chi connectivity index (χ2v) is 6.43. The summed E-state index contributed by atoms with van der Waals surface area (Å²) in [5.41, 5.74) is 0.930. The van der Waals surface area contributed by atoms with Gasteiger partial charge in [0.1, 0.15) is 12.1 Å². The molecule has 1 aromatic carbocycles. The molecule has 2 aliphatic heterocycles. The molecule has 3 rings (SSSR count).